The van der Waals surface area contributed by atoms with Crippen LogP contribution >= 0.6 is 0 Å². The van der Waals surface area contributed by atoms with Crippen LogP contribution in [0, 0.1) is 6.33 Å². The van der Waals surface area contributed by atoms with E-state index in [1.165, 1.54) is 7.11 Å². The fourth-order valence-corrected chi connectivity index (χ4v) is 0.459. The molecule has 0 aliphatic heterocycles. The summed E-state index contributed by atoms with van der Waals surface area (Å²) < 4.78 is 4.72. The van der Waals surface area contributed by atoms with Crippen LogP contribution in [0.1, 0.15) is 0 Å². The van der Waals surface area contributed by atoms with Gasteiger partial charge in [-0.3, -0.25) is 0 Å². The number of methoxy groups -OCH3 is 1. The first kappa shape index (κ1) is 6.73. The molecule has 5 nitrogen and oxygen atoms in total. The molecule has 0 aliphatic carbocycles. The number of aromatic nitrogens is 3. The molecule has 0 bridgehead atoms. The Morgan fingerprint density at radius 2 is 2.30 bits per heavy atom. The van der Waals surface area contributed by atoms with Crippen molar-refractivity contribution < 1.29 is 4.74 Å². The van der Waals surface area contributed by atoms with Crippen molar-refractivity contribution in [3.8, 4) is 6.01 Å². The van der Waals surface area contributed by atoms with Crippen molar-refractivity contribution in [2.24, 2.45) is 0 Å². The lowest BCUT2D eigenvalue weighted by atomic mass is 10.9. The molecule has 1 heterocycles. The Morgan fingerprint density at radius 3 is 2.90 bits per heavy atom. The summed E-state index contributed by atoms with van der Waals surface area (Å²) >= 11 is 0. The van der Waals surface area contributed by atoms with Gasteiger partial charge in [-0.2, -0.15) is 15.0 Å². The van der Waals surface area contributed by atoms with Crippen LogP contribution in [0.25, 0.3) is 0 Å². The fraction of sp³-hybridized carbons (Fsp3) is 0.400. The second kappa shape index (κ2) is 2.95. The van der Waals surface area contributed by atoms with Gasteiger partial charge in [0, 0.05) is 7.05 Å². The van der Waals surface area contributed by atoms with Crippen molar-refractivity contribution in [2.75, 3.05) is 19.5 Å². The molecule has 0 spiro atoms. The van der Waals surface area contributed by atoms with Gasteiger partial charge in [0.2, 0.25) is 12.3 Å². The highest BCUT2D eigenvalue weighted by molar-refractivity contribution is 5.21. The maximum absolute atomic E-state index is 4.72. The van der Waals surface area contributed by atoms with Gasteiger partial charge in [0.05, 0.1) is 7.11 Å². The van der Waals surface area contributed by atoms with Gasteiger partial charge in [-0.05, 0) is 0 Å². The van der Waals surface area contributed by atoms with Crippen LogP contribution in [0.2, 0.25) is 0 Å². The smallest absolute Gasteiger partial charge is 0.321 e. The summed E-state index contributed by atoms with van der Waals surface area (Å²) in [6, 6.07) is 0.263. The van der Waals surface area contributed by atoms with Gasteiger partial charge in [0.15, 0.2) is 0 Å². The van der Waals surface area contributed by atoms with Gasteiger partial charge in [-0.15, -0.1) is 0 Å². The van der Waals surface area contributed by atoms with Crippen LogP contribution in [-0.4, -0.2) is 29.1 Å². The van der Waals surface area contributed by atoms with E-state index in [-0.39, 0.29) is 6.01 Å². The molecule has 1 N–H and O–H groups in total. The molecule has 0 amide bonds. The van der Waals surface area contributed by atoms with E-state index in [9.17, 15) is 0 Å². The van der Waals surface area contributed by atoms with Gasteiger partial charge in [0.25, 0.3) is 0 Å². The summed E-state index contributed by atoms with van der Waals surface area (Å²) in [5.74, 6) is 0.451. The molecule has 0 aliphatic rings. The number of hydrogen-bond acceptors (Lipinski definition) is 5. The van der Waals surface area contributed by atoms with Crippen LogP contribution < -0.4 is 10.1 Å². The normalized spacial score (nSPS) is 9.00. The summed E-state index contributed by atoms with van der Waals surface area (Å²) in [6.07, 6.45) is 2.38. The van der Waals surface area contributed by atoms with E-state index in [1.54, 1.807) is 7.05 Å². The van der Waals surface area contributed by atoms with E-state index < -0.39 is 0 Å². The second-order valence-electron chi connectivity index (χ2n) is 1.50. The Balaban J connectivity index is 2.87. The standard InChI is InChI=1S/C5H7N4O/c1-6-4-7-3-8-5(9-4)10-2/h1-2H3,(H,6,7,8,9). The Morgan fingerprint density at radius 1 is 1.50 bits per heavy atom. The van der Waals surface area contributed by atoms with Gasteiger partial charge in [-0.25, -0.2) is 0 Å². The van der Waals surface area contributed by atoms with Crippen molar-refractivity contribution in [2.45, 2.75) is 0 Å². The van der Waals surface area contributed by atoms with Crippen LogP contribution in [0.15, 0.2) is 0 Å². The van der Waals surface area contributed by atoms with E-state index in [1.807, 2.05) is 0 Å². The zero-order valence-corrected chi connectivity index (χ0v) is 5.75. The highest BCUT2D eigenvalue weighted by Crippen LogP contribution is 2.00. The minimum Gasteiger partial charge on any atom is -0.467 e. The maximum Gasteiger partial charge on any atom is 0.321 e. The molecular weight excluding hydrogens is 132 g/mol. The lowest BCUT2D eigenvalue weighted by molar-refractivity contribution is 0.378. The summed E-state index contributed by atoms with van der Waals surface area (Å²) in [6.45, 7) is 0. The molecule has 0 fully saturated rings. The molecule has 10 heavy (non-hydrogen) atoms. The highest BCUT2D eigenvalue weighted by atomic mass is 16.5. The Bertz CT molecular complexity index is 195. The molecule has 0 saturated carbocycles. The molecule has 5 heteroatoms. The number of ether oxygens (including phenoxy) is 1. The lowest BCUT2D eigenvalue weighted by Gasteiger charge is -1.97. The van der Waals surface area contributed by atoms with E-state index in [0.717, 1.165) is 0 Å². The molecular formula is C5H7N4O. The number of nitrogens with zero attached hydrogens (tertiary/aromatic N) is 3. The monoisotopic (exact) mass is 139 g/mol. The van der Waals surface area contributed by atoms with Gasteiger partial charge >= 0.3 is 6.01 Å². The second-order valence-corrected chi connectivity index (χ2v) is 1.50. The average molecular weight is 139 g/mol. The summed E-state index contributed by atoms with van der Waals surface area (Å²) in [5.41, 5.74) is 0. The molecule has 1 radical (unpaired) electrons. The van der Waals surface area contributed by atoms with Crippen molar-refractivity contribution in [1.29, 1.82) is 0 Å². The summed E-state index contributed by atoms with van der Waals surface area (Å²) in [5, 5.41) is 2.73. The van der Waals surface area contributed by atoms with Crippen LogP contribution in [-0.2, 0) is 0 Å². The zero-order chi connectivity index (χ0) is 7.40. The number of rotatable bonds is 2. The van der Waals surface area contributed by atoms with Gasteiger partial charge in [-0.1, -0.05) is 0 Å². The fourth-order valence-electron chi connectivity index (χ4n) is 0.459. The lowest BCUT2D eigenvalue weighted by Crippen LogP contribution is -1.99. The average Bonchev–Trinajstić information content (AvgIpc) is 2.05. The van der Waals surface area contributed by atoms with Crippen molar-refractivity contribution >= 4 is 5.95 Å². The highest BCUT2D eigenvalue weighted by Gasteiger charge is 1.95. The van der Waals surface area contributed by atoms with Crippen molar-refractivity contribution in [3.05, 3.63) is 6.33 Å². The largest absolute Gasteiger partial charge is 0.467 e. The van der Waals surface area contributed by atoms with Crippen molar-refractivity contribution in [1.82, 2.24) is 15.0 Å². The quantitative estimate of drug-likeness (QED) is 0.610. The number of nitrogens with one attached hydrogen (secondary N) is 1. The zero-order valence-electron chi connectivity index (χ0n) is 5.75. The molecule has 0 aromatic carbocycles. The Hall–Kier alpha value is -1.39. The maximum atomic E-state index is 4.72. The third kappa shape index (κ3) is 1.31. The molecule has 53 valence electrons. The first-order valence-corrected chi connectivity index (χ1v) is 2.70. The van der Waals surface area contributed by atoms with E-state index in [2.05, 4.69) is 26.6 Å². The number of anilines is 1. The molecule has 0 atom stereocenters. The summed E-state index contributed by atoms with van der Waals surface area (Å²) in [4.78, 5) is 11.1. The van der Waals surface area contributed by atoms with Crippen LogP contribution in [0.3, 0.4) is 0 Å². The van der Waals surface area contributed by atoms with E-state index >= 15 is 0 Å². The molecule has 1 aromatic heterocycles. The van der Waals surface area contributed by atoms with E-state index in [4.69, 9.17) is 4.74 Å². The van der Waals surface area contributed by atoms with E-state index in [0.29, 0.717) is 5.95 Å². The molecule has 1 aromatic rings. The topological polar surface area (TPSA) is 59.9 Å². The predicted octanol–water partition coefficient (Wildman–Crippen LogP) is -0.278. The predicted molar refractivity (Wildman–Crippen MR) is 34.8 cm³/mol. The summed E-state index contributed by atoms with van der Waals surface area (Å²) in [7, 11) is 3.20. The van der Waals surface area contributed by atoms with Crippen LogP contribution in [0.5, 0.6) is 6.01 Å². The van der Waals surface area contributed by atoms with Gasteiger partial charge in [0.1, 0.15) is 0 Å². The first-order chi connectivity index (χ1) is 4.86. The minimum absolute atomic E-state index is 0.263. The minimum atomic E-state index is 0.263. The Kier molecular flexibility index (Phi) is 1.99. The SMILES string of the molecule is CNc1n[c]nc(OC)n1. The third-order valence-electron chi connectivity index (χ3n) is 0.909. The molecule has 0 saturated heterocycles. The molecule has 0 unspecified atom stereocenters. The van der Waals surface area contributed by atoms with Crippen molar-refractivity contribution in [3.63, 3.8) is 0 Å². The molecule has 1 rings (SSSR count). The van der Waals surface area contributed by atoms with Crippen LogP contribution in [0.4, 0.5) is 5.95 Å². The van der Waals surface area contributed by atoms with Gasteiger partial charge < -0.3 is 10.1 Å². The first-order valence-electron chi connectivity index (χ1n) is 2.70. The third-order valence-corrected chi connectivity index (χ3v) is 0.909. The number of hydrogen-bond donors (Lipinski definition) is 1. The Labute approximate surface area is 58.5 Å².